The number of halogens is 3. The molecule has 0 bridgehead atoms. The Kier molecular flexibility index (Phi) is 5.14. The van der Waals surface area contributed by atoms with Crippen LogP contribution >= 0.6 is 47.8 Å². The summed E-state index contributed by atoms with van der Waals surface area (Å²) in [5, 5.41) is 9.35. The van der Waals surface area contributed by atoms with Gasteiger partial charge in [0.2, 0.25) is 0 Å². The monoisotopic (exact) mass is 455 g/mol. The van der Waals surface area contributed by atoms with E-state index in [1.807, 2.05) is 18.2 Å². The summed E-state index contributed by atoms with van der Waals surface area (Å²) in [7, 11) is 0. The summed E-state index contributed by atoms with van der Waals surface area (Å²) in [5.41, 5.74) is 1.17. The smallest absolute Gasteiger partial charge is 0.185 e. The molecule has 100 valence electrons. The zero-order valence-corrected chi connectivity index (χ0v) is 14.9. The van der Waals surface area contributed by atoms with E-state index in [9.17, 15) is 10.1 Å². The highest BCUT2D eigenvalue weighted by Gasteiger charge is 2.23. The first kappa shape index (κ1) is 15.4. The topological polar surface area (TPSA) is 40.9 Å². The molecule has 0 spiro atoms. The van der Waals surface area contributed by atoms with E-state index in [4.69, 9.17) is 0 Å². The van der Waals surface area contributed by atoms with Crippen molar-refractivity contribution in [2.45, 2.75) is 5.92 Å². The van der Waals surface area contributed by atoms with Crippen LogP contribution < -0.4 is 0 Å². The molecule has 0 fully saturated rings. The molecule has 20 heavy (non-hydrogen) atoms. The Balaban J connectivity index is 2.45. The van der Waals surface area contributed by atoms with Crippen molar-refractivity contribution in [2.75, 3.05) is 0 Å². The lowest BCUT2D eigenvalue weighted by molar-refractivity contribution is 0.0978. The molecule has 5 heteroatoms. The Bertz CT molecular complexity index is 707. The zero-order valence-electron chi connectivity index (χ0n) is 10.1. The van der Waals surface area contributed by atoms with E-state index < -0.39 is 5.92 Å². The summed E-state index contributed by atoms with van der Waals surface area (Å²) in [6.45, 7) is 0. The summed E-state index contributed by atoms with van der Waals surface area (Å²) >= 11 is 10.0. The summed E-state index contributed by atoms with van der Waals surface area (Å²) in [4.78, 5) is 12.6. The van der Waals surface area contributed by atoms with Crippen molar-refractivity contribution in [3.63, 3.8) is 0 Å². The SMILES string of the molecule is N#CC(C(=O)c1cc(Br)ccc1Br)c1cccc(Br)c1. The number of carbonyl (C=O) groups excluding carboxylic acids is 1. The van der Waals surface area contributed by atoms with Crippen LogP contribution in [0.15, 0.2) is 55.9 Å². The van der Waals surface area contributed by atoms with Gasteiger partial charge in [-0.3, -0.25) is 4.79 Å². The molecule has 0 aromatic heterocycles. The molecule has 0 heterocycles. The molecule has 2 aromatic rings. The van der Waals surface area contributed by atoms with Crippen LogP contribution in [0.3, 0.4) is 0 Å². The van der Waals surface area contributed by atoms with E-state index in [0.29, 0.717) is 15.6 Å². The Labute approximate surface area is 142 Å². The molecule has 0 saturated heterocycles. The fourth-order valence-corrected chi connectivity index (χ4v) is 3.03. The molecule has 1 unspecified atom stereocenters. The minimum absolute atomic E-state index is 0.223. The van der Waals surface area contributed by atoms with Crippen LogP contribution in [0.4, 0.5) is 0 Å². The van der Waals surface area contributed by atoms with E-state index in [1.54, 1.807) is 24.3 Å². The molecule has 0 saturated carbocycles. The van der Waals surface area contributed by atoms with E-state index in [1.165, 1.54) is 0 Å². The van der Waals surface area contributed by atoms with Crippen LogP contribution in [0.25, 0.3) is 0 Å². The number of nitriles is 1. The lowest BCUT2D eigenvalue weighted by Crippen LogP contribution is -2.12. The number of hydrogen-bond acceptors (Lipinski definition) is 2. The van der Waals surface area contributed by atoms with Crippen molar-refractivity contribution in [1.29, 1.82) is 5.26 Å². The van der Waals surface area contributed by atoms with Gasteiger partial charge in [0, 0.05) is 19.0 Å². The van der Waals surface area contributed by atoms with E-state index in [2.05, 4.69) is 53.9 Å². The molecule has 0 radical (unpaired) electrons. The van der Waals surface area contributed by atoms with Crippen molar-refractivity contribution in [3.8, 4) is 6.07 Å². The van der Waals surface area contributed by atoms with Crippen molar-refractivity contribution in [3.05, 3.63) is 67.0 Å². The molecule has 0 aliphatic heterocycles. The first-order chi connectivity index (χ1) is 9.52. The van der Waals surface area contributed by atoms with Gasteiger partial charge in [-0.15, -0.1) is 0 Å². The number of hydrogen-bond donors (Lipinski definition) is 0. The summed E-state index contributed by atoms with van der Waals surface area (Å²) < 4.78 is 2.33. The van der Waals surface area contributed by atoms with Crippen LogP contribution in [0.5, 0.6) is 0 Å². The average molecular weight is 458 g/mol. The van der Waals surface area contributed by atoms with Gasteiger partial charge in [0.1, 0.15) is 5.92 Å². The predicted molar refractivity (Wildman–Crippen MR) is 88.7 cm³/mol. The van der Waals surface area contributed by atoms with Crippen LogP contribution in [0.2, 0.25) is 0 Å². The number of rotatable bonds is 3. The van der Waals surface area contributed by atoms with E-state index >= 15 is 0 Å². The van der Waals surface area contributed by atoms with Gasteiger partial charge in [-0.05, 0) is 35.9 Å². The largest absolute Gasteiger partial charge is 0.292 e. The van der Waals surface area contributed by atoms with Crippen molar-refractivity contribution >= 4 is 53.6 Å². The van der Waals surface area contributed by atoms with Crippen LogP contribution in [-0.4, -0.2) is 5.78 Å². The lowest BCUT2D eigenvalue weighted by atomic mass is 9.92. The third-order valence-corrected chi connectivity index (χ3v) is 4.45. The van der Waals surface area contributed by atoms with Crippen molar-refractivity contribution in [1.82, 2.24) is 0 Å². The van der Waals surface area contributed by atoms with Gasteiger partial charge in [-0.25, -0.2) is 0 Å². The van der Waals surface area contributed by atoms with Crippen molar-refractivity contribution in [2.24, 2.45) is 0 Å². The van der Waals surface area contributed by atoms with E-state index in [-0.39, 0.29) is 5.78 Å². The summed E-state index contributed by atoms with van der Waals surface area (Å²) in [5.74, 6) is -1.04. The van der Waals surface area contributed by atoms with Crippen molar-refractivity contribution < 1.29 is 4.79 Å². The number of carbonyl (C=O) groups is 1. The average Bonchev–Trinajstić information content (AvgIpc) is 2.42. The Morgan fingerprint density at radius 1 is 1.05 bits per heavy atom. The maximum atomic E-state index is 12.6. The molecule has 0 N–H and O–H groups in total. The first-order valence-electron chi connectivity index (χ1n) is 5.67. The second-order valence-electron chi connectivity index (χ2n) is 4.11. The third-order valence-electron chi connectivity index (χ3n) is 2.77. The van der Waals surface area contributed by atoms with Crippen LogP contribution in [0, 0.1) is 11.3 Å². The number of nitrogens with zero attached hydrogens (tertiary/aromatic N) is 1. The van der Waals surface area contributed by atoms with Gasteiger partial charge in [-0.2, -0.15) is 5.26 Å². The maximum Gasteiger partial charge on any atom is 0.185 e. The molecule has 2 nitrogen and oxygen atoms in total. The Morgan fingerprint density at radius 3 is 2.40 bits per heavy atom. The van der Waals surface area contributed by atoms with Gasteiger partial charge in [0.15, 0.2) is 5.78 Å². The maximum absolute atomic E-state index is 12.6. The molecule has 0 amide bonds. The molecular formula is C15H8Br3NO. The molecule has 0 aliphatic carbocycles. The van der Waals surface area contributed by atoms with Crippen LogP contribution in [-0.2, 0) is 0 Å². The molecule has 0 aliphatic rings. The fraction of sp³-hybridized carbons (Fsp3) is 0.0667. The normalized spacial score (nSPS) is 11.7. The predicted octanol–water partition coefficient (Wildman–Crippen LogP) is 5.46. The number of ketones is 1. The highest BCUT2D eigenvalue weighted by atomic mass is 79.9. The standard InChI is InChI=1S/C15H8Br3NO/c16-10-3-1-2-9(6-10)13(8-19)15(20)12-7-11(17)4-5-14(12)18/h1-7,13H. The minimum atomic E-state index is -0.821. The highest BCUT2D eigenvalue weighted by molar-refractivity contribution is 9.11. The minimum Gasteiger partial charge on any atom is -0.292 e. The summed E-state index contributed by atoms with van der Waals surface area (Å²) in [6.07, 6.45) is 0. The molecule has 2 aromatic carbocycles. The Morgan fingerprint density at radius 2 is 1.75 bits per heavy atom. The quantitative estimate of drug-likeness (QED) is 0.574. The van der Waals surface area contributed by atoms with Gasteiger partial charge < -0.3 is 0 Å². The second kappa shape index (κ2) is 6.66. The Hall–Kier alpha value is -0.960. The highest BCUT2D eigenvalue weighted by Crippen LogP contribution is 2.28. The van der Waals surface area contributed by atoms with Crippen LogP contribution in [0.1, 0.15) is 21.8 Å². The molecule has 1 atom stereocenters. The number of Topliss-reactive ketones (excluding diaryl/α,β-unsaturated/α-hetero) is 1. The van der Waals surface area contributed by atoms with Gasteiger partial charge in [0.25, 0.3) is 0 Å². The second-order valence-corrected chi connectivity index (χ2v) is 6.79. The van der Waals surface area contributed by atoms with Gasteiger partial charge in [0.05, 0.1) is 6.07 Å². The third kappa shape index (κ3) is 3.38. The zero-order chi connectivity index (χ0) is 14.7. The molecular weight excluding hydrogens is 450 g/mol. The fourth-order valence-electron chi connectivity index (χ4n) is 1.81. The van der Waals surface area contributed by atoms with Gasteiger partial charge in [-0.1, -0.05) is 59.9 Å². The number of benzene rings is 2. The van der Waals surface area contributed by atoms with Gasteiger partial charge >= 0.3 is 0 Å². The first-order valence-corrected chi connectivity index (χ1v) is 8.05. The summed E-state index contributed by atoms with van der Waals surface area (Å²) in [6, 6.07) is 14.7. The van der Waals surface area contributed by atoms with E-state index in [0.717, 1.165) is 8.95 Å². The molecule has 2 rings (SSSR count). The lowest BCUT2D eigenvalue weighted by Gasteiger charge is -2.11.